The Morgan fingerprint density at radius 1 is 1.11 bits per heavy atom. The van der Waals surface area contributed by atoms with Gasteiger partial charge in [0.1, 0.15) is 23.4 Å². The van der Waals surface area contributed by atoms with Crippen LogP contribution < -0.4 is 10.6 Å². The number of hydrogen-bond acceptors (Lipinski definition) is 5. The van der Waals surface area contributed by atoms with E-state index >= 15 is 0 Å². The standard InChI is InChI=1S/C27H45N3O5/c1-9-12-13-16-28-24(32)23(20-14-15-21(31)19(5)17-20)30(11-3)25(33)22(18(4)10-2)29-26(34)35-27(6,7)8/h14-15,17-18,22-23,31H,9-13,16H2,1-8H3,(H,28,32)(H,29,34). The van der Waals surface area contributed by atoms with Crippen LogP contribution in [0.5, 0.6) is 5.75 Å². The fourth-order valence-electron chi connectivity index (χ4n) is 3.77. The highest BCUT2D eigenvalue weighted by atomic mass is 16.6. The molecule has 0 aliphatic rings. The van der Waals surface area contributed by atoms with Crippen molar-refractivity contribution >= 4 is 17.9 Å². The minimum Gasteiger partial charge on any atom is -0.508 e. The zero-order valence-electron chi connectivity index (χ0n) is 22.7. The lowest BCUT2D eigenvalue weighted by atomic mass is 9.95. The number of phenolic OH excluding ortho intramolecular Hbond substituents is 1. The van der Waals surface area contributed by atoms with Gasteiger partial charge in [-0.05, 0) is 70.2 Å². The summed E-state index contributed by atoms with van der Waals surface area (Å²) in [6.07, 6.45) is 2.85. The summed E-state index contributed by atoms with van der Waals surface area (Å²) >= 11 is 0. The van der Waals surface area contributed by atoms with Crippen molar-refractivity contribution in [1.82, 2.24) is 15.5 Å². The normalized spacial score (nSPS) is 13.9. The van der Waals surface area contributed by atoms with E-state index in [-0.39, 0.29) is 30.0 Å². The Kier molecular flexibility index (Phi) is 12.1. The van der Waals surface area contributed by atoms with Crippen molar-refractivity contribution < 1.29 is 24.2 Å². The van der Waals surface area contributed by atoms with Gasteiger partial charge in [0.05, 0.1) is 0 Å². The summed E-state index contributed by atoms with van der Waals surface area (Å²) in [6, 6.07) is 3.16. The second-order valence-corrected chi connectivity index (χ2v) is 10.1. The van der Waals surface area contributed by atoms with Gasteiger partial charge < -0.3 is 25.4 Å². The van der Waals surface area contributed by atoms with Gasteiger partial charge in [-0.2, -0.15) is 0 Å². The van der Waals surface area contributed by atoms with Crippen LogP contribution in [0.4, 0.5) is 4.79 Å². The fourth-order valence-corrected chi connectivity index (χ4v) is 3.77. The van der Waals surface area contributed by atoms with Gasteiger partial charge in [0.15, 0.2) is 0 Å². The van der Waals surface area contributed by atoms with Gasteiger partial charge in [0, 0.05) is 13.1 Å². The molecule has 3 unspecified atom stereocenters. The molecule has 35 heavy (non-hydrogen) atoms. The molecule has 3 N–H and O–H groups in total. The molecule has 0 spiro atoms. The number of unbranched alkanes of at least 4 members (excludes halogenated alkanes) is 2. The molecule has 0 aromatic heterocycles. The van der Waals surface area contributed by atoms with Gasteiger partial charge in [-0.1, -0.05) is 46.1 Å². The lowest BCUT2D eigenvalue weighted by Crippen LogP contribution is -2.55. The predicted molar refractivity (Wildman–Crippen MR) is 138 cm³/mol. The van der Waals surface area contributed by atoms with E-state index in [1.165, 1.54) is 11.0 Å². The van der Waals surface area contributed by atoms with Gasteiger partial charge >= 0.3 is 6.09 Å². The largest absolute Gasteiger partial charge is 0.508 e. The lowest BCUT2D eigenvalue weighted by molar-refractivity contribution is -0.143. The van der Waals surface area contributed by atoms with Crippen LogP contribution in [0.15, 0.2) is 18.2 Å². The summed E-state index contributed by atoms with van der Waals surface area (Å²) in [6.45, 7) is 15.5. The Morgan fingerprint density at radius 2 is 1.77 bits per heavy atom. The zero-order chi connectivity index (χ0) is 26.8. The van der Waals surface area contributed by atoms with E-state index < -0.39 is 23.8 Å². The zero-order valence-corrected chi connectivity index (χ0v) is 22.7. The second-order valence-electron chi connectivity index (χ2n) is 10.1. The third-order valence-corrected chi connectivity index (χ3v) is 5.95. The number of ether oxygens (including phenoxy) is 1. The van der Waals surface area contributed by atoms with Crippen molar-refractivity contribution in [3.8, 4) is 5.75 Å². The van der Waals surface area contributed by atoms with Crippen LogP contribution in [0.25, 0.3) is 0 Å². The number of aryl methyl sites for hydroxylation is 1. The maximum atomic E-state index is 13.8. The molecule has 198 valence electrons. The van der Waals surface area contributed by atoms with Gasteiger partial charge in [-0.3, -0.25) is 9.59 Å². The third kappa shape index (κ3) is 9.42. The molecule has 1 rings (SSSR count). The van der Waals surface area contributed by atoms with Crippen LogP contribution in [0.3, 0.4) is 0 Å². The third-order valence-electron chi connectivity index (χ3n) is 5.95. The summed E-state index contributed by atoms with van der Waals surface area (Å²) in [7, 11) is 0. The molecule has 0 aliphatic heterocycles. The Morgan fingerprint density at radius 3 is 2.29 bits per heavy atom. The van der Waals surface area contributed by atoms with Gasteiger partial charge in [0.2, 0.25) is 11.8 Å². The number of benzene rings is 1. The second kappa shape index (κ2) is 14.0. The average molecular weight is 492 g/mol. The summed E-state index contributed by atoms with van der Waals surface area (Å²) in [4.78, 5) is 41.3. The number of carbonyl (C=O) groups excluding carboxylic acids is 3. The van der Waals surface area contributed by atoms with Crippen molar-refractivity contribution in [3.63, 3.8) is 0 Å². The number of likely N-dealkylation sites (N-methyl/N-ethyl adjacent to an activating group) is 1. The number of phenols is 1. The van der Waals surface area contributed by atoms with Crippen LogP contribution in [0, 0.1) is 12.8 Å². The maximum absolute atomic E-state index is 13.8. The van der Waals surface area contributed by atoms with E-state index in [1.807, 2.05) is 20.8 Å². The Hall–Kier alpha value is -2.77. The molecule has 0 fully saturated rings. The van der Waals surface area contributed by atoms with Crippen LogP contribution in [-0.2, 0) is 14.3 Å². The molecule has 3 amide bonds. The molecular weight excluding hydrogens is 446 g/mol. The molecular formula is C27H45N3O5. The molecule has 0 saturated heterocycles. The molecule has 8 heteroatoms. The quantitative estimate of drug-likeness (QED) is 0.363. The highest BCUT2D eigenvalue weighted by Crippen LogP contribution is 2.28. The average Bonchev–Trinajstić information content (AvgIpc) is 2.78. The minimum absolute atomic E-state index is 0.120. The molecule has 0 radical (unpaired) electrons. The molecule has 1 aromatic rings. The van der Waals surface area contributed by atoms with Crippen molar-refractivity contribution in [2.24, 2.45) is 5.92 Å². The van der Waals surface area contributed by atoms with Crippen molar-refractivity contribution in [1.29, 1.82) is 0 Å². The Bertz CT molecular complexity index is 850. The molecule has 0 bridgehead atoms. The highest BCUT2D eigenvalue weighted by Gasteiger charge is 2.37. The Labute approximate surface area is 210 Å². The van der Waals surface area contributed by atoms with Crippen LogP contribution in [0.2, 0.25) is 0 Å². The van der Waals surface area contributed by atoms with E-state index in [1.54, 1.807) is 39.8 Å². The first kappa shape index (κ1) is 30.3. The molecule has 8 nitrogen and oxygen atoms in total. The van der Waals surface area contributed by atoms with E-state index in [2.05, 4.69) is 17.6 Å². The van der Waals surface area contributed by atoms with Crippen molar-refractivity contribution in [2.45, 2.75) is 98.8 Å². The van der Waals surface area contributed by atoms with Gasteiger partial charge in [0.25, 0.3) is 0 Å². The van der Waals surface area contributed by atoms with Crippen LogP contribution in [-0.4, -0.2) is 52.6 Å². The van der Waals surface area contributed by atoms with Crippen LogP contribution >= 0.6 is 0 Å². The number of amides is 3. The van der Waals surface area contributed by atoms with Gasteiger partial charge in [-0.15, -0.1) is 0 Å². The van der Waals surface area contributed by atoms with Crippen molar-refractivity contribution in [2.75, 3.05) is 13.1 Å². The SMILES string of the molecule is CCCCCNC(=O)C(c1ccc(O)c(C)c1)N(CC)C(=O)C(NC(=O)OC(C)(C)C)C(C)CC. The summed E-state index contributed by atoms with van der Waals surface area (Å²) in [5.41, 5.74) is 0.506. The summed E-state index contributed by atoms with van der Waals surface area (Å²) in [5, 5.41) is 15.7. The number of rotatable bonds is 12. The minimum atomic E-state index is -0.902. The van der Waals surface area contributed by atoms with Gasteiger partial charge in [-0.25, -0.2) is 4.79 Å². The topological polar surface area (TPSA) is 108 Å². The number of hydrogen-bond donors (Lipinski definition) is 3. The highest BCUT2D eigenvalue weighted by molar-refractivity contribution is 5.92. The van der Waals surface area contributed by atoms with Crippen molar-refractivity contribution in [3.05, 3.63) is 29.3 Å². The summed E-state index contributed by atoms with van der Waals surface area (Å²) < 4.78 is 5.40. The maximum Gasteiger partial charge on any atom is 0.408 e. The first-order chi connectivity index (χ1) is 16.4. The smallest absolute Gasteiger partial charge is 0.408 e. The molecule has 0 saturated carbocycles. The molecule has 3 atom stereocenters. The number of carbonyl (C=O) groups is 3. The Balaban J connectivity index is 3.35. The molecule has 1 aromatic carbocycles. The number of nitrogens with one attached hydrogen (secondary N) is 2. The lowest BCUT2D eigenvalue weighted by Gasteiger charge is -2.35. The number of aromatic hydroxyl groups is 1. The van der Waals surface area contributed by atoms with E-state index in [0.717, 1.165) is 19.3 Å². The molecule has 0 heterocycles. The number of alkyl carbamates (subject to hydrolysis) is 1. The fraction of sp³-hybridized carbons (Fsp3) is 0.667. The van der Waals surface area contributed by atoms with E-state index in [4.69, 9.17) is 4.74 Å². The predicted octanol–water partition coefficient (Wildman–Crippen LogP) is 4.84. The number of nitrogens with zero attached hydrogens (tertiary/aromatic N) is 1. The first-order valence-corrected chi connectivity index (χ1v) is 12.7. The first-order valence-electron chi connectivity index (χ1n) is 12.7. The monoisotopic (exact) mass is 491 g/mol. The van der Waals surface area contributed by atoms with E-state index in [0.29, 0.717) is 24.1 Å². The van der Waals surface area contributed by atoms with Crippen LogP contribution in [0.1, 0.15) is 91.3 Å². The summed E-state index contributed by atoms with van der Waals surface area (Å²) in [5.74, 6) is -0.707. The molecule has 0 aliphatic carbocycles. The van der Waals surface area contributed by atoms with E-state index in [9.17, 15) is 19.5 Å².